The summed E-state index contributed by atoms with van der Waals surface area (Å²) in [6.07, 6.45) is 0. The van der Waals surface area contributed by atoms with E-state index in [1.165, 1.54) is 18.2 Å². The van der Waals surface area contributed by atoms with Crippen LogP contribution in [0.15, 0.2) is 30.3 Å². The number of hydrogen-bond acceptors (Lipinski definition) is 6. The molecule has 8 heteroatoms. The van der Waals surface area contributed by atoms with Crippen LogP contribution >= 0.6 is 0 Å². The molecule has 0 amide bonds. The van der Waals surface area contributed by atoms with Crippen LogP contribution in [0.5, 0.6) is 0 Å². The first kappa shape index (κ1) is 11.9. The second kappa shape index (κ2) is 4.19. The van der Waals surface area contributed by atoms with E-state index in [4.69, 9.17) is 11.5 Å². The topological polar surface area (TPSA) is 137 Å². The average Bonchev–Trinajstić information content (AvgIpc) is 2.81. The number of nitrogens with two attached hydrogens (primary N) is 2. The van der Waals surface area contributed by atoms with Crippen molar-refractivity contribution in [2.75, 3.05) is 11.5 Å². The highest BCUT2D eigenvalue weighted by Gasteiger charge is 2.14. The highest BCUT2D eigenvalue weighted by atomic mass is 16.6. The van der Waals surface area contributed by atoms with Gasteiger partial charge in [0, 0.05) is 23.4 Å². The number of nitro groups is 1. The number of H-pyrrole nitrogens is 1. The number of non-ortho nitro benzene ring substituents is 1. The van der Waals surface area contributed by atoms with Crippen molar-refractivity contribution in [3.8, 4) is 11.4 Å². The second-order valence-electron chi connectivity index (χ2n) is 4.22. The molecule has 0 radical (unpaired) electrons. The number of nitrogens with zero attached hydrogens (tertiary/aromatic N) is 3. The Kier molecular flexibility index (Phi) is 2.50. The highest BCUT2D eigenvalue weighted by molar-refractivity contribution is 5.81. The lowest BCUT2D eigenvalue weighted by Gasteiger charge is -2.01. The molecule has 5 N–H and O–H groups in total. The quantitative estimate of drug-likeness (QED) is 0.368. The molecule has 0 bridgehead atoms. The smallest absolute Gasteiger partial charge is 0.270 e. The minimum Gasteiger partial charge on any atom is -0.398 e. The zero-order valence-corrected chi connectivity index (χ0v) is 10.2. The highest BCUT2D eigenvalue weighted by Crippen LogP contribution is 2.29. The van der Waals surface area contributed by atoms with E-state index in [-0.39, 0.29) is 5.69 Å². The van der Waals surface area contributed by atoms with Crippen molar-refractivity contribution >= 4 is 28.4 Å². The van der Waals surface area contributed by atoms with Crippen molar-refractivity contribution in [3.05, 3.63) is 40.4 Å². The fourth-order valence-electron chi connectivity index (χ4n) is 1.90. The lowest BCUT2D eigenvalue weighted by atomic mass is 10.1. The Hall–Kier alpha value is -3.16. The summed E-state index contributed by atoms with van der Waals surface area (Å²) in [5.74, 6) is 0.766. The molecule has 2 heterocycles. The van der Waals surface area contributed by atoms with Gasteiger partial charge in [-0.2, -0.15) is 0 Å². The maximum atomic E-state index is 10.8. The summed E-state index contributed by atoms with van der Waals surface area (Å²) in [7, 11) is 0. The predicted molar refractivity (Wildman–Crippen MR) is 74.8 cm³/mol. The molecule has 100 valence electrons. The van der Waals surface area contributed by atoms with Crippen LogP contribution in [-0.4, -0.2) is 19.9 Å². The fourth-order valence-corrected chi connectivity index (χ4v) is 1.90. The number of fused-ring (bicyclic) bond motifs is 1. The van der Waals surface area contributed by atoms with E-state index in [0.717, 1.165) is 0 Å². The van der Waals surface area contributed by atoms with Crippen LogP contribution in [0.4, 0.5) is 17.2 Å². The molecule has 3 aromatic rings. The van der Waals surface area contributed by atoms with Crippen molar-refractivity contribution in [3.63, 3.8) is 0 Å². The molecular weight excluding hydrogens is 260 g/mol. The number of aromatic nitrogens is 3. The Labute approximate surface area is 112 Å². The van der Waals surface area contributed by atoms with Gasteiger partial charge < -0.3 is 16.5 Å². The van der Waals surface area contributed by atoms with Gasteiger partial charge in [-0.1, -0.05) is 0 Å². The van der Waals surface area contributed by atoms with Crippen molar-refractivity contribution in [1.29, 1.82) is 0 Å². The molecule has 0 aliphatic heterocycles. The van der Waals surface area contributed by atoms with E-state index in [9.17, 15) is 10.1 Å². The lowest BCUT2D eigenvalue weighted by molar-refractivity contribution is -0.384. The SMILES string of the molecule is Nc1ccc2[nH]c(-c3cc([N+](=O)[O-])ccc3N)nc2n1. The van der Waals surface area contributed by atoms with Crippen LogP contribution in [0.1, 0.15) is 0 Å². The van der Waals surface area contributed by atoms with Gasteiger partial charge in [0.25, 0.3) is 5.69 Å². The number of aromatic amines is 1. The summed E-state index contributed by atoms with van der Waals surface area (Å²) < 4.78 is 0. The number of rotatable bonds is 2. The van der Waals surface area contributed by atoms with Gasteiger partial charge in [-0.3, -0.25) is 10.1 Å². The zero-order valence-electron chi connectivity index (χ0n) is 10.2. The van der Waals surface area contributed by atoms with E-state index in [2.05, 4.69) is 15.0 Å². The van der Waals surface area contributed by atoms with Crippen molar-refractivity contribution in [2.45, 2.75) is 0 Å². The van der Waals surface area contributed by atoms with Crippen molar-refractivity contribution in [1.82, 2.24) is 15.0 Å². The largest absolute Gasteiger partial charge is 0.398 e. The molecule has 0 saturated heterocycles. The van der Waals surface area contributed by atoms with Gasteiger partial charge >= 0.3 is 0 Å². The summed E-state index contributed by atoms with van der Waals surface area (Å²) >= 11 is 0. The second-order valence-corrected chi connectivity index (χ2v) is 4.22. The number of nitrogens with one attached hydrogen (secondary N) is 1. The van der Waals surface area contributed by atoms with E-state index in [1.54, 1.807) is 12.1 Å². The average molecular weight is 270 g/mol. The standard InChI is InChI=1S/C12H10N6O2/c13-8-2-1-6(18(19)20)5-7(8)11-15-9-3-4-10(14)16-12(9)17-11/h1-5H,13H2,(H3,14,15,16,17). The number of imidazole rings is 1. The summed E-state index contributed by atoms with van der Waals surface area (Å²) in [5, 5.41) is 10.8. The van der Waals surface area contributed by atoms with Crippen LogP contribution in [0.25, 0.3) is 22.6 Å². The molecule has 0 saturated carbocycles. The third-order valence-corrected chi connectivity index (χ3v) is 2.87. The van der Waals surface area contributed by atoms with Crippen LogP contribution in [0.3, 0.4) is 0 Å². The van der Waals surface area contributed by atoms with Gasteiger partial charge in [-0.15, -0.1) is 0 Å². The summed E-state index contributed by atoms with van der Waals surface area (Å²) in [4.78, 5) is 21.7. The predicted octanol–water partition coefficient (Wildman–Crippen LogP) is 1.70. The maximum Gasteiger partial charge on any atom is 0.270 e. The molecule has 0 aliphatic rings. The Morgan fingerprint density at radius 2 is 1.95 bits per heavy atom. The maximum absolute atomic E-state index is 10.8. The number of nitro benzene ring substituents is 1. The van der Waals surface area contributed by atoms with Gasteiger partial charge in [0.2, 0.25) is 0 Å². The first-order chi connectivity index (χ1) is 9.54. The van der Waals surface area contributed by atoms with Gasteiger partial charge in [-0.25, -0.2) is 9.97 Å². The first-order valence-corrected chi connectivity index (χ1v) is 5.71. The molecule has 1 aromatic carbocycles. The van der Waals surface area contributed by atoms with Crippen LogP contribution < -0.4 is 11.5 Å². The number of hydrogen-bond donors (Lipinski definition) is 3. The van der Waals surface area contributed by atoms with E-state index in [0.29, 0.717) is 34.1 Å². The Bertz CT molecular complexity index is 826. The Morgan fingerprint density at radius 3 is 2.70 bits per heavy atom. The monoisotopic (exact) mass is 270 g/mol. The van der Waals surface area contributed by atoms with Gasteiger partial charge in [0.05, 0.1) is 10.4 Å². The molecular formula is C12H10N6O2. The summed E-state index contributed by atoms with van der Waals surface area (Å²) in [6.45, 7) is 0. The van der Waals surface area contributed by atoms with E-state index >= 15 is 0 Å². The molecule has 20 heavy (non-hydrogen) atoms. The third kappa shape index (κ3) is 1.88. The lowest BCUT2D eigenvalue weighted by Crippen LogP contribution is -1.94. The minimum atomic E-state index is -0.484. The van der Waals surface area contributed by atoms with Gasteiger partial charge in [0.1, 0.15) is 11.6 Å². The first-order valence-electron chi connectivity index (χ1n) is 5.71. The third-order valence-electron chi connectivity index (χ3n) is 2.87. The zero-order chi connectivity index (χ0) is 14.3. The Balaban J connectivity index is 2.19. The molecule has 0 unspecified atom stereocenters. The van der Waals surface area contributed by atoms with Gasteiger partial charge in [-0.05, 0) is 18.2 Å². The van der Waals surface area contributed by atoms with E-state index < -0.39 is 4.92 Å². The van der Waals surface area contributed by atoms with E-state index in [1.807, 2.05) is 0 Å². The number of pyridine rings is 1. The van der Waals surface area contributed by atoms with Crippen molar-refractivity contribution in [2.24, 2.45) is 0 Å². The van der Waals surface area contributed by atoms with Crippen LogP contribution in [0.2, 0.25) is 0 Å². The molecule has 0 aliphatic carbocycles. The summed E-state index contributed by atoms with van der Waals surface area (Å²) in [6, 6.07) is 7.57. The van der Waals surface area contributed by atoms with Crippen LogP contribution in [0, 0.1) is 10.1 Å². The molecule has 0 fully saturated rings. The molecule has 3 rings (SSSR count). The molecule has 2 aromatic heterocycles. The fraction of sp³-hybridized carbons (Fsp3) is 0. The van der Waals surface area contributed by atoms with Crippen LogP contribution in [-0.2, 0) is 0 Å². The number of anilines is 2. The number of benzene rings is 1. The summed E-state index contributed by atoms with van der Waals surface area (Å²) in [5.41, 5.74) is 13.3. The Morgan fingerprint density at radius 1 is 1.15 bits per heavy atom. The molecule has 0 atom stereocenters. The van der Waals surface area contributed by atoms with Gasteiger partial charge in [0.15, 0.2) is 5.65 Å². The van der Waals surface area contributed by atoms with Crippen molar-refractivity contribution < 1.29 is 4.92 Å². The normalized spacial score (nSPS) is 10.8. The molecule has 8 nitrogen and oxygen atoms in total. The number of nitrogen functional groups attached to an aromatic ring is 2. The minimum absolute atomic E-state index is 0.0536. The molecule has 0 spiro atoms.